The van der Waals surface area contributed by atoms with Gasteiger partial charge in [0.25, 0.3) is 10.0 Å². The number of nitrogens with zero attached hydrogens (tertiary/aromatic N) is 2. The summed E-state index contributed by atoms with van der Waals surface area (Å²) in [6.45, 7) is 2.41. The lowest BCUT2D eigenvalue weighted by atomic mass is 9.95. The molecule has 0 aromatic heterocycles. The largest absolute Gasteiger partial charge is 0.352 e. The number of rotatable bonds is 5. The minimum Gasteiger partial charge on any atom is -0.352 e. The molecule has 2 aliphatic rings. The summed E-state index contributed by atoms with van der Waals surface area (Å²) in [5.74, 6) is -0.421. The molecule has 1 aromatic rings. The number of hydrogen-bond acceptors (Lipinski definition) is 4. The van der Waals surface area contributed by atoms with Crippen LogP contribution in [0.3, 0.4) is 0 Å². The molecule has 1 aliphatic heterocycles. The van der Waals surface area contributed by atoms with Crippen LogP contribution in [0.15, 0.2) is 29.2 Å². The van der Waals surface area contributed by atoms with E-state index >= 15 is 0 Å². The fourth-order valence-corrected chi connectivity index (χ4v) is 5.15. The third kappa shape index (κ3) is 4.84. The number of benzene rings is 1. The second-order valence-corrected chi connectivity index (χ2v) is 9.57. The normalized spacial score (nSPS) is 18.1. The van der Waals surface area contributed by atoms with Crippen molar-refractivity contribution in [2.45, 2.75) is 62.8 Å². The van der Waals surface area contributed by atoms with Crippen molar-refractivity contribution < 1.29 is 18.0 Å². The Bertz CT molecular complexity index is 795. The van der Waals surface area contributed by atoms with Crippen LogP contribution in [0.2, 0.25) is 0 Å². The maximum absolute atomic E-state index is 13.2. The van der Waals surface area contributed by atoms with Gasteiger partial charge in [-0.05, 0) is 44.7 Å². The van der Waals surface area contributed by atoms with E-state index in [0.29, 0.717) is 13.1 Å². The van der Waals surface area contributed by atoms with Crippen molar-refractivity contribution in [3.05, 3.63) is 29.8 Å². The van der Waals surface area contributed by atoms with Gasteiger partial charge in [-0.2, -0.15) is 0 Å². The molecule has 28 heavy (non-hydrogen) atoms. The van der Waals surface area contributed by atoms with Crippen LogP contribution in [0.25, 0.3) is 0 Å². The van der Waals surface area contributed by atoms with Crippen LogP contribution in [-0.4, -0.2) is 55.2 Å². The van der Waals surface area contributed by atoms with E-state index < -0.39 is 28.5 Å². The van der Waals surface area contributed by atoms with Crippen LogP contribution in [0.5, 0.6) is 0 Å². The molecule has 1 heterocycles. The standard InChI is InChI=1S/C20H29N3O4S/c1-16-9-11-18(12-10-16)28(26,27)23(20(25)22-13-5-6-14-22)15-19(24)21-17-7-3-2-4-8-17/h9-12,17H,2-8,13-15H2,1H3,(H,21,24). The second-order valence-electron chi connectivity index (χ2n) is 7.70. The molecule has 1 N–H and O–H groups in total. The number of carbonyl (C=O) groups is 2. The van der Waals surface area contributed by atoms with E-state index in [-0.39, 0.29) is 10.9 Å². The molecule has 0 atom stereocenters. The lowest BCUT2D eigenvalue weighted by molar-refractivity contribution is -0.121. The van der Waals surface area contributed by atoms with Crippen molar-refractivity contribution >= 4 is 22.0 Å². The molecule has 154 valence electrons. The fourth-order valence-electron chi connectivity index (χ4n) is 3.81. The lowest BCUT2D eigenvalue weighted by Gasteiger charge is -2.28. The third-order valence-corrected chi connectivity index (χ3v) is 7.19. The van der Waals surface area contributed by atoms with Crippen molar-refractivity contribution in [2.75, 3.05) is 19.6 Å². The first-order valence-electron chi connectivity index (χ1n) is 10.1. The van der Waals surface area contributed by atoms with E-state index in [1.807, 2.05) is 6.92 Å². The van der Waals surface area contributed by atoms with Crippen LogP contribution in [0.4, 0.5) is 4.79 Å². The fraction of sp³-hybridized carbons (Fsp3) is 0.600. The van der Waals surface area contributed by atoms with Gasteiger partial charge in [-0.25, -0.2) is 17.5 Å². The first-order valence-corrected chi connectivity index (χ1v) is 11.5. The zero-order valence-corrected chi connectivity index (χ0v) is 17.2. The van der Waals surface area contributed by atoms with Gasteiger partial charge in [0.2, 0.25) is 5.91 Å². The maximum Gasteiger partial charge on any atom is 0.334 e. The van der Waals surface area contributed by atoms with Crippen molar-refractivity contribution in [3.8, 4) is 0 Å². The molecule has 1 aliphatic carbocycles. The van der Waals surface area contributed by atoms with E-state index in [4.69, 9.17) is 0 Å². The number of sulfonamides is 1. The monoisotopic (exact) mass is 407 g/mol. The third-order valence-electron chi connectivity index (χ3n) is 5.46. The molecule has 0 bridgehead atoms. The van der Waals surface area contributed by atoms with Crippen molar-refractivity contribution in [2.24, 2.45) is 0 Å². The zero-order chi connectivity index (χ0) is 20.1. The van der Waals surface area contributed by atoms with E-state index in [1.54, 1.807) is 12.1 Å². The summed E-state index contributed by atoms with van der Waals surface area (Å²) in [4.78, 5) is 27.1. The van der Waals surface area contributed by atoms with E-state index in [2.05, 4.69) is 5.32 Å². The van der Waals surface area contributed by atoms with Gasteiger partial charge >= 0.3 is 6.03 Å². The summed E-state index contributed by atoms with van der Waals surface area (Å²) < 4.78 is 27.1. The van der Waals surface area contributed by atoms with Crippen LogP contribution in [-0.2, 0) is 14.8 Å². The van der Waals surface area contributed by atoms with E-state index in [1.165, 1.54) is 17.0 Å². The Labute approximate surface area is 167 Å². The minimum absolute atomic E-state index is 0.0242. The molecule has 2 fully saturated rings. The summed E-state index contributed by atoms with van der Waals surface area (Å²) in [5, 5.41) is 2.91. The Morgan fingerprint density at radius 3 is 2.25 bits per heavy atom. The van der Waals surface area contributed by atoms with Crippen LogP contribution in [0.1, 0.15) is 50.5 Å². The van der Waals surface area contributed by atoms with Gasteiger partial charge in [0.05, 0.1) is 4.90 Å². The van der Waals surface area contributed by atoms with Crippen LogP contribution >= 0.6 is 0 Å². The minimum atomic E-state index is -4.11. The van der Waals surface area contributed by atoms with E-state index in [9.17, 15) is 18.0 Å². The van der Waals surface area contributed by atoms with Gasteiger partial charge in [0.1, 0.15) is 6.54 Å². The maximum atomic E-state index is 13.2. The van der Waals surface area contributed by atoms with Gasteiger partial charge in [-0.1, -0.05) is 37.0 Å². The smallest absolute Gasteiger partial charge is 0.334 e. The molecular weight excluding hydrogens is 378 g/mol. The summed E-state index contributed by atoms with van der Waals surface area (Å²) in [7, 11) is -4.11. The first kappa shape index (κ1) is 20.6. The predicted molar refractivity (Wildman–Crippen MR) is 106 cm³/mol. The Kier molecular flexibility index (Phi) is 6.59. The molecule has 0 unspecified atom stereocenters. The Morgan fingerprint density at radius 2 is 1.64 bits per heavy atom. The van der Waals surface area contributed by atoms with Crippen LogP contribution < -0.4 is 5.32 Å². The van der Waals surface area contributed by atoms with Gasteiger partial charge in [0, 0.05) is 19.1 Å². The molecular formula is C20H29N3O4S. The zero-order valence-electron chi connectivity index (χ0n) is 16.4. The second kappa shape index (κ2) is 8.94. The Morgan fingerprint density at radius 1 is 1.04 bits per heavy atom. The average Bonchev–Trinajstić information content (AvgIpc) is 3.21. The number of likely N-dealkylation sites (tertiary alicyclic amines) is 1. The highest BCUT2D eigenvalue weighted by Gasteiger charge is 2.35. The number of carbonyl (C=O) groups excluding carboxylic acids is 2. The molecule has 1 saturated carbocycles. The number of aryl methyl sites for hydroxylation is 1. The Hall–Kier alpha value is -2.09. The Balaban J connectivity index is 1.80. The average molecular weight is 408 g/mol. The lowest BCUT2D eigenvalue weighted by Crippen LogP contribution is -2.50. The molecule has 0 radical (unpaired) electrons. The van der Waals surface area contributed by atoms with Gasteiger partial charge in [-0.15, -0.1) is 0 Å². The summed E-state index contributed by atoms with van der Waals surface area (Å²) in [6.07, 6.45) is 6.77. The number of hydrogen-bond donors (Lipinski definition) is 1. The topological polar surface area (TPSA) is 86.8 Å². The number of urea groups is 1. The van der Waals surface area contributed by atoms with Crippen molar-refractivity contribution in [1.29, 1.82) is 0 Å². The molecule has 3 amide bonds. The first-order chi connectivity index (χ1) is 13.4. The van der Waals surface area contributed by atoms with Crippen LogP contribution in [0, 0.1) is 6.92 Å². The van der Waals surface area contributed by atoms with Crippen molar-refractivity contribution in [1.82, 2.24) is 14.5 Å². The summed E-state index contributed by atoms with van der Waals surface area (Å²) >= 11 is 0. The molecule has 3 rings (SSSR count). The summed E-state index contributed by atoms with van der Waals surface area (Å²) in [6, 6.07) is 5.78. The molecule has 1 saturated heterocycles. The quantitative estimate of drug-likeness (QED) is 0.813. The predicted octanol–water partition coefficient (Wildman–Crippen LogP) is 2.65. The molecule has 0 spiro atoms. The van der Waals surface area contributed by atoms with Crippen molar-refractivity contribution in [3.63, 3.8) is 0 Å². The van der Waals surface area contributed by atoms with Gasteiger partial charge in [-0.3, -0.25) is 4.79 Å². The van der Waals surface area contributed by atoms with E-state index in [0.717, 1.165) is 54.8 Å². The van der Waals surface area contributed by atoms with Gasteiger partial charge < -0.3 is 10.2 Å². The highest BCUT2D eigenvalue weighted by atomic mass is 32.2. The SMILES string of the molecule is Cc1ccc(S(=O)(=O)N(CC(=O)NC2CCCCC2)C(=O)N2CCCC2)cc1. The molecule has 1 aromatic carbocycles. The number of nitrogens with one attached hydrogen (secondary N) is 1. The molecule has 7 nitrogen and oxygen atoms in total. The highest BCUT2D eigenvalue weighted by Crippen LogP contribution is 2.21. The van der Waals surface area contributed by atoms with Gasteiger partial charge in [0.15, 0.2) is 0 Å². The number of amides is 3. The highest BCUT2D eigenvalue weighted by molar-refractivity contribution is 7.89. The summed E-state index contributed by atoms with van der Waals surface area (Å²) in [5.41, 5.74) is 0.923. The molecule has 8 heteroatoms.